The van der Waals surface area contributed by atoms with Gasteiger partial charge >= 0.3 is 0 Å². The lowest BCUT2D eigenvalue weighted by atomic mass is 10.0. The molecule has 1 unspecified atom stereocenters. The molecule has 2 heterocycles. The van der Waals surface area contributed by atoms with Crippen molar-refractivity contribution in [2.24, 2.45) is 0 Å². The van der Waals surface area contributed by atoms with Gasteiger partial charge in [-0.05, 0) is 66.4 Å². The van der Waals surface area contributed by atoms with Crippen LogP contribution in [0, 0.1) is 6.92 Å². The topological polar surface area (TPSA) is 6.48 Å². The molecule has 1 atom stereocenters. The molecule has 1 aromatic rings. The highest BCUT2D eigenvalue weighted by atomic mass is 79.9. The van der Waals surface area contributed by atoms with Gasteiger partial charge in [-0.15, -0.1) is 0 Å². The summed E-state index contributed by atoms with van der Waals surface area (Å²) >= 11 is 3.74. The summed E-state index contributed by atoms with van der Waals surface area (Å²) in [6.07, 6.45) is 5.46. The Hall–Kier alpha value is -0.540. The van der Waals surface area contributed by atoms with Gasteiger partial charge in [-0.1, -0.05) is 12.5 Å². The Morgan fingerprint density at radius 3 is 2.79 bits per heavy atom. The van der Waals surface area contributed by atoms with Gasteiger partial charge < -0.3 is 4.90 Å². The van der Waals surface area contributed by atoms with E-state index in [1.54, 1.807) is 0 Å². The third kappa shape index (κ3) is 2.97. The highest BCUT2D eigenvalue weighted by Gasteiger charge is 2.27. The molecule has 1 aromatic carbocycles. The highest BCUT2D eigenvalue weighted by molar-refractivity contribution is 9.10. The molecule has 19 heavy (non-hydrogen) atoms. The smallest absolute Gasteiger partial charge is 0.0511 e. The second kappa shape index (κ2) is 5.84. The van der Waals surface area contributed by atoms with E-state index in [4.69, 9.17) is 0 Å². The maximum Gasteiger partial charge on any atom is 0.0511 e. The van der Waals surface area contributed by atoms with Crippen LogP contribution in [-0.2, 0) is 0 Å². The fraction of sp³-hybridized carbons (Fsp3) is 0.625. The molecule has 0 saturated carbocycles. The molecule has 0 radical (unpaired) electrons. The Morgan fingerprint density at radius 2 is 1.95 bits per heavy atom. The third-order valence-corrected chi connectivity index (χ3v) is 5.13. The summed E-state index contributed by atoms with van der Waals surface area (Å²) < 4.78 is 1.25. The highest BCUT2D eigenvalue weighted by Crippen LogP contribution is 2.30. The van der Waals surface area contributed by atoms with Gasteiger partial charge in [0.2, 0.25) is 0 Å². The molecule has 3 rings (SSSR count). The minimum absolute atomic E-state index is 0.768. The molecule has 2 aliphatic rings. The number of halogens is 1. The number of nitrogens with zero attached hydrogens (tertiary/aromatic N) is 2. The van der Waals surface area contributed by atoms with Crippen LogP contribution in [0.2, 0.25) is 0 Å². The lowest BCUT2D eigenvalue weighted by Gasteiger charge is -2.36. The van der Waals surface area contributed by atoms with Crippen LogP contribution in [0.25, 0.3) is 0 Å². The predicted octanol–water partition coefficient (Wildman–Crippen LogP) is 3.82. The van der Waals surface area contributed by atoms with Gasteiger partial charge in [0.1, 0.15) is 0 Å². The molecule has 2 aliphatic heterocycles. The number of hydrogen-bond donors (Lipinski definition) is 0. The summed E-state index contributed by atoms with van der Waals surface area (Å²) in [5, 5.41) is 0. The number of anilines is 1. The van der Waals surface area contributed by atoms with Crippen LogP contribution >= 0.6 is 15.9 Å². The number of hydrogen-bond acceptors (Lipinski definition) is 2. The molecule has 2 fully saturated rings. The summed E-state index contributed by atoms with van der Waals surface area (Å²) in [5.74, 6) is 0. The van der Waals surface area contributed by atoms with Crippen LogP contribution in [0.3, 0.4) is 0 Å². The monoisotopic (exact) mass is 322 g/mol. The van der Waals surface area contributed by atoms with E-state index in [1.807, 2.05) is 0 Å². The van der Waals surface area contributed by atoms with Gasteiger partial charge in [0.05, 0.1) is 5.69 Å². The molecule has 0 spiro atoms. The van der Waals surface area contributed by atoms with Gasteiger partial charge in [-0.2, -0.15) is 0 Å². The van der Waals surface area contributed by atoms with Crippen molar-refractivity contribution >= 4 is 21.6 Å². The molecule has 3 heteroatoms. The van der Waals surface area contributed by atoms with Gasteiger partial charge in [-0.25, -0.2) is 0 Å². The average molecular weight is 323 g/mol. The molecule has 0 amide bonds. The van der Waals surface area contributed by atoms with E-state index in [9.17, 15) is 0 Å². The van der Waals surface area contributed by atoms with Gasteiger partial charge in [0, 0.05) is 30.1 Å². The number of aryl methyl sites for hydroxylation is 1. The second-order valence-corrected chi connectivity index (χ2v) is 6.79. The van der Waals surface area contributed by atoms with Crippen LogP contribution in [0.1, 0.15) is 31.2 Å². The van der Waals surface area contributed by atoms with Crippen LogP contribution in [0.15, 0.2) is 22.7 Å². The van der Waals surface area contributed by atoms with Crippen LogP contribution in [0.4, 0.5) is 5.69 Å². The van der Waals surface area contributed by atoms with Crippen molar-refractivity contribution in [3.05, 3.63) is 28.2 Å². The van der Waals surface area contributed by atoms with E-state index in [1.165, 1.54) is 67.6 Å². The Bertz CT molecular complexity index is 446. The van der Waals surface area contributed by atoms with Gasteiger partial charge in [-0.3, -0.25) is 4.90 Å². The Kier molecular flexibility index (Phi) is 4.13. The van der Waals surface area contributed by atoms with Crippen LogP contribution in [0.5, 0.6) is 0 Å². The standard InChI is InChI=1S/C16H23BrN2/c1-13-6-7-16(15(17)11-13)19-10-4-9-18-8-3-2-5-14(18)12-19/h6-7,11,14H,2-5,8-10,12H2,1H3. The van der Waals surface area contributed by atoms with Crippen molar-refractivity contribution in [3.8, 4) is 0 Å². The molecule has 0 aliphatic carbocycles. The zero-order valence-electron chi connectivity index (χ0n) is 11.7. The van der Waals surface area contributed by atoms with Crippen molar-refractivity contribution in [1.29, 1.82) is 0 Å². The summed E-state index contributed by atoms with van der Waals surface area (Å²) in [7, 11) is 0. The first-order valence-electron chi connectivity index (χ1n) is 7.49. The number of rotatable bonds is 1. The minimum Gasteiger partial charge on any atom is -0.369 e. The van der Waals surface area contributed by atoms with E-state index in [0.717, 1.165) is 6.04 Å². The van der Waals surface area contributed by atoms with E-state index < -0.39 is 0 Å². The molecule has 0 N–H and O–H groups in total. The Labute approximate surface area is 124 Å². The molecule has 0 aromatic heterocycles. The lowest BCUT2D eigenvalue weighted by molar-refractivity contribution is 0.162. The van der Waals surface area contributed by atoms with Crippen LogP contribution < -0.4 is 4.90 Å². The Morgan fingerprint density at radius 1 is 1.11 bits per heavy atom. The number of benzene rings is 1. The van der Waals surface area contributed by atoms with E-state index in [-0.39, 0.29) is 0 Å². The normalized spacial score (nSPS) is 24.9. The Balaban J connectivity index is 1.80. The fourth-order valence-electron chi connectivity index (χ4n) is 3.46. The zero-order valence-corrected chi connectivity index (χ0v) is 13.3. The summed E-state index contributed by atoms with van der Waals surface area (Å²) in [6.45, 7) is 7.13. The lowest BCUT2D eigenvalue weighted by Crippen LogP contribution is -2.44. The first-order chi connectivity index (χ1) is 9.24. The van der Waals surface area contributed by atoms with E-state index in [2.05, 4.69) is 50.9 Å². The van der Waals surface area contributed by atoms with E-state index in [0.29, 0.717) is 0 Å². The molecule has 2 saturated heterocycles. The van der Waals surface area contributed by atoms with Crippen LogP contribution in [-0.4, -0.2) is 37.1 Å². The molecular weight excluding hydrogens is 300 g/mol. The summed E-state index contributed by atoms with van der Waals surface area (Å²) in [5.41, 5.74) is 2.70. The first kappa shape index (κ1) is 13.4. The zero-order chi connectivity index (χ0) is 13.2. The van der Waals surface area contributed by atoms with Crippen molar-refractivity contribution in [2.75, 3.05) is 31.1 Å². The first-order valence-corrected chi connectivity index (χ1v) is 8.28. The SMILES string of the molecule is Cc1ccc(N2CCCN3CCCCC3C2)c(Br)c1. The second-order valence-electron chi connectivity index (χ2n) is 5.94. The molecule has 104 valence electrons. The van der Waals surface area contributed by atoms with Crippen molar-refractivity contribution in [2.45, 2.75) is 38.6 Å². The molecular formula is C16H23BrN2. The number of piperidine rings is 1. The molecule has 0 bridgehead atoms. The summed E-state index contributed by atoms with van der Waals surface area (Å²) in [4.78, 5) is 5.30. The number of fused-ring (bicyclic) bond motifs is 1. The largest absolute Gasteiger partial charge is 0.369 e. The van der Waals surface area contributed by atoms with Crippen molar-refractivity contribution < 1.29 is 0 Å². The maximum absolute atomic E-state index is 3.74. The fourth-order valence-corrected chi connectivity index (χ4v) is 4.20. The summed E-state index contributed by atoms with van der Waals surface area (Å²) in [6, 6.07) is 7.50. The van der Waals surface area contributed by atoms with Gasteiger partial charge in [0.25, 0.3) is 0 Å². The predicted molar refractivity (Wildman–Crippen MR) is 84.9 cm³/mol. The van der Waals surface area contributed by atoms with Gasteiger partial charge in [0.15, 0.2) is 0 Å². The van der Waals surface area contributed by atoms with Crippen molar-refractivity contribution in [3.63, 3.8) is 0 Å². The van der Waals surface area contributed by atoms with Crippen molar-refractivity contribution in [1.82, 2.24) is 4.90 Å². The minimum atomic E-state index is 0.768. The van der Waals surface area contributed by atoms with E-state index >= 15 is 0 Å². The molecule has 2 nitrogen and oxygen atoms in total. The maximum atomic E-state index is 3.74. The quantitative estimate of drug-likeness (QED) is 0.775. The third-order valence-electron chi connectivity index (χ3n) is 4.50. The average Bonchev–Trinajstić information content (AvgIpc) is 2.60.